The Labute approximate surface area is 69.4 Å². The average Bonchev–Trinajstić information content (AvgIpc) is 1.85. The molecule has 1 heteroatoms. The fourth-order valence-corrected chi connectivity index (χ4v) is 0.667. The van der Waals surface area contributed by atoms with E-state index in [0.717, 1.165) is 6.42 Å². The van der Waals surface area contributed by atoms with Gasteiger partial charge in [0.1, 0.15) is 0 Å². The van der Waals surface area contributed by atoms with Crippen molar-refractivity contribution in [3.63, 3.8) is 0 Å². The molecule has 64 valence electrons. The standard InChI is InChI=1S/C10H18O/c1-5-9(2)7-6-8-10(3,4)11/h5-6,8-9,11H,1,7H2,2-4H3/b8-6+/t9-/m1/s1. The molecule has 11 heavy (non-hydrogen) atoms. The van der Waals surface area contributed by atoms with Crippen LogP contribution in [0.4, 0.5) is 0 Å². The van der Waals surface area contributed by atoms with Crippen LogP contribution in [-0.2, 0) is 0 Å². The van der Waals surface area contributed by atoms with Crippen molar-refractivity contribution in [2.45, 2.75) is 32.8 Å². The van der Waals surface area contributed by atoms with Gasteiger partial charge in [-0.15, -0.1) is 6.58 Å². The third-order valence-electron chi connectivity index (χ3n) is 1.44. The van der Waals surface area contributed by atoms with Gasteiger partial charge in [-0.25, -0.2) is 0 Å². The van der Waals surface area contributed by atoms with Crippen LogP contribution in [0.25, 0.3) is 0 Å². The largest absolute Gasteiger partial charge is 0.386 e. The van der Waals surface area contributed by atoms with Gasteiger partial charge < -0.3 is 5.11 Å². The molecule has 0 bridgehead atoms. The minimum Gasteiger partial charge on any atom is -0.386 e. The molecule has 0 aliphatic carbocycles. The molecule has 0 aliphatic heterocycles. The Bertz CT molecular complexity index is 139. The van der Waals surface area contributed by atoms with Gasteiger partial charge >= 0.3 is 0 Å². The van der Waals surface area contributed by atoms with Crippen LogP contribution in [0, 0.1) is 5.92 Å². The maximum Gasteiger partial charge on any atom is 0.0771 e. The third kappa shape index (κ3) is 7.34. The zero-order valence-corrected chi connectivity index (χ0v) is 7.67. The van der Waals surface area contributed by atoms with Crippen LogP contribution >= 0.6 is 0 Å². The molecule has 0 spiro atoms. The highest BCUT2D eigenvalue weighted by molar-refractivity contribution is 4.97. The van der Waals surface area contributed by atoms with Crippen LogP contribution in [0.5, 0.6) is 0 Å². The smallest absolute Gasteiger partial charge is 0.0771 e. The molecule has 1 atom stereocenters. The molecule has 0 aromatic carbocycles. The fraction of sp³-hybridized carbons (Fsp3) is 0.600. The second kappa shape index (κ2) is 4.35. The summed E-state index contributed by atoms with van der Waals surface area (Å²) in [6, 6.07) is 0. The van der Waals surface area contributed by atoms with Gasteiger partial charge in [-0.3, -0.25) is 0 Å². The molecule has 0 saturated heterocycles. The molecule has 0 heterocycles. The number of hydrogen-bond acceptors (Lipinski definition) is 1. The summed E-state index contributed by atoms with van der Waals surface area (Å²) >= 11 is 0. The van der Waals surface area contributed by atoms with Gasteiger partial charge in [-0.05, 0) is 26.2 Å². The van der Waals surface area contributed by atoms with Gasteiger partial charge in [0.15, 0.2) is 0 Å². The Morgan fingerprint density at radius 1 is 1.55 bits per heavy atom. The Kier molecular flexibility index (Phi) is 4.12. The molecule has 1 N–H and O–H groups in total. The highest BCUT2D eigenvalue weighted by atomic mass is 16.3. The first-order chi connectivity index (χ1) is 4.95. The van der Waals surface area contributed by atoms with Crippen LogP contribution < -0.4 is 0 Å². The molecular formula is C10H18O. The summed E-state index contributed by atoms with van der Waals surface area (Å²) in [5, 5.41) is 9.29. The van der Waals surface area contributed by atoms with Gasteiger partial charge in [-0.2, -0.15) is 0 Å². The van der Waals surface area contributed by atoms with E-state index in [1.807, 2.05) is 18.2 Å². The molecule has 0 aliphatic rings. The number of allylic oxidation sites excluding steroid dienone is 2. The predicted octanol–water partition coefficient (Wildman–Crippen LogP) is 2.53. The van der Waals surface area contributed by atoms with Crippen molar-refractivity contribution in [2.75, 3.05) is 0 Å². The molecule has 0 aromatic rings. The van der Waals surface area contributed by atoms with E-state index in [9.17, 15) is 5.11 Å². The van der Waals surface area contributed by atoms with Gasteiger partial charge in [0.25, 0.3) is 0 Å². The molecular weight excluding hydrogens is 136 g/mol. The molecule has 1 nitrogen and oxygen atoms in total. The van der Waals surface area contributed by atoms with E-state index in [0.29, 0.717) is 5.92 Å². The van der Waals surface area contributed by atoms with Gasteiger partial charge in [0.05, 0.1) is 5.60 Å². The van der Waals surface area contributed by atoms with Crippen LogP contribution in [0.2, 0.25) is 0 Å². The van der Waals surface area contributed by atoms with E-state index >= 15 is 0 Å². The Morgan fingerprint density at radius 2 is 2.09 bits per heavy atom. The second-order valence-corrected chi connectivity index (χ2v) is 3.50. The van der Waals surface area contributed by atoms with E-state index in [1.165, 1.54) is 0 Å². The minimum absolute atomic E-state index is 0.494. The zero-order valence-electron chi connectivity index (χ0n) is 7.67. The van der Waals surface area contributed by atoms with E-state index in [-0.39, 0.29) is 0 Å². The zero-order chi connectivity index (χ0) is 8.91. The first-order valence-electron chi connectivity index (χ1n) is 3.98. The maximum absolute atomic E-state index is 9.29. The number of hydrogen-bond donors (Lipinski definition) is 1. The quantitative estimate of drug-likeness (QED) is 0.617. The lowest BCUT2D eigenvalue weighted by Gasteiger charge is -2.10. The van der Waals surface area contributed by atoms with Crippen LogP contribution in [0.3, 0.4) is 0 Å². The second-order valence-electron chi connectivity index (χ2n) is 3.50. The lowest BCUT2D eigenvalue weighted by Crippen LogP contribution is -2.13. The van der Waals surface area contributed by atoms with Crippen molar-refractivity contribution in [1.82, 2.24) is 0 Å². The summed E-state index contributed by atoms with van der Waals surface area (Å²) in [5.74, 6) is 0.494. The lowest BCUT2D eigenvalue weighted by molar-refractivity contribution is 0.133. The first kappa shape index (κ1) is 10.4. The Morgan fingerprint density at radius 3 is 2.45 bits per heavy atom. The van der Waals surface area contributed by atoms with Crippen molar-refractivity contribution in [1.29, 1.82) is 0 Å². The minimum atomic E-state index is -0.680. The summed E-state index contributed by atoms with van der Waals surface area (Å²) < 4.78 is 0. The van der Waals surface area contributed by atoms with Crippen LogP contribution in [0.15, 0.2) is 24.8 Å². The number of aliphatic hydroxyl groups is 1. The third-order valence-corrected chi connectivity index (χ3v) is 1.44. The van der Waals surface area contributed by atoms with Gasteiger partial charge in [0.2, 0.25) is 0 Å². The Hall–Kier alpha value is -0.560. The summed E-state index contributed by atoms with van der Waals surface area (Å²) in [6.07, 6.45) is 6.67. The summed E-state index contributed by atoms with van der Waals surface area (Å²) in [5.41, 5.74) is -0.680. The van der Waals surface area contributed by atoms with Crippen LogP contribution in [-0.4, -0.2) is 10.7 Å². The maximum atomic E-state index is 9.29. The van der Waals surface area contributed by atoms with E-state index in [1.54, 1.807) is 13.8 Å². The van der Waals surface area contributed by atoms with E-state index in [2.05, 4.69) is 13.5 Å². The molecule has 0 aromatic heterocycles. The normalized spacial score (nSPS) is 15.3. The first-order valence-corrected chi connectivity index (χ1v) is 3.98. The van der Waals surface area contributed by atoms with Crippen molar-refractivity contribution < 1.29 is 5.11 Å². The average molecular weight is 154 g/mol. The predicted molar refractivity (Wildman–Crippen MR) is 49.4 cm³/mol. The fourth-order valence-electron chi connectivity index (χ4n) is 0.667. The summed E-state index contributed by atoms with van der Waals surface area (Å²) in [6.45, 7) is 9.31. The molecule has 0 amide bonds. The molecule has 0 saturated carbocycles. The van der Waals surface area contributed by atoms with Crippen LogP contribution in [0.1, 0.15) is 27.2 Å². The molecule has 0 rings (SSSR count). The SMILES string of the molecule is C=C[C@@H](C)C/C=C/C(C)(C)O. The van der Waals surface area contributed by atoms with Crippen molar-refractivity contribution in [3.05, 3.63) is 24.8 Å². The Balaban J connectivity index is 3.69. The number of rotatable bonds is 4. The summed E-state index contributed by atoms with van der Waals surface area (Å²) in [4.78, 5) is 0. The van der Waals surface area contributed by atoms with E-state index < -0.39 is 5.60 Å². The van der Waals surface area contributed by atoms with Crippen molar-refractivity contribution >= 4 is 0 Å². The van der Waals surface area contributed by atoms with Crippen molar-refractivity contribution in [3.8, 4) is 0 Å². The topological polar surface area (TPSA) is 20.2 Å². The highest BCUT2D eigenvalue weighted by Gasteiger charge is 2.05. The molecule has 0 unspecified atom stereocenters. The molecule has 0 fully saturated rings. The summed E-state index contributed by atoms with van der Waals surface area (Å²) in [7, 11) is 0. The van der Waals surface area contributed by atoms with Gasteiger partial charge in [0, 0.05) is 0 Å². The molecule has 0 radical (unpaired) electrons. The van der Waals surface area contributed by atoms with Gasteiger partial charge in [-0.1, -0.05) is 25.2 Å². The van der Waals surface area contributed by atoms with E-state index in [4.69, 9.17) is 0 Å². The monoisotopic (exact) mass is 154 g/mol. The highest BCUT2D eigenvalue weighted by Crippen LogP contribution is 2.07. The lowest BCUT2D eigenvalue weighted by atomic mass is 10.0. The van der Waals surface area contributed by atoms with Crippen molar-refractivity contribution in [2.24, 2.45) is 5.92 Å².